The molecular weight excluding hydrogens is 230 g/mol. The zero-order valence-corrected chi connectivity index (χ0v) is 12.6. The average Bonchev–Trinajstić information content (AvgIpc) is 2.47. The minimum Gasteiger partial charge on any atom is -0.382 e. The van der Waals surface area contributed by atoms with Gasteiger partial charge < -0.3 is 5.32 Å². The maximum Gasteiger partial charge on any atom is 0.0342 e. The van der Waals surface area contributed by atoms with E-state index in [4.69, 9.17) is 0 Å². The van der Waals surface area contributed by atoms with Gasteiger partial charge in [0, 0.05) is 11.7 Å². The molecule has 1 N–H and O–H groups in total. The minimum absolute atomic E-state index is 0.613. The Morgan fingerprint density at radius 1 is 1.11 bits per heavy atom. The van der Waals surface area contributed by atoms with E-state index in [1.54, 1.807) is 0 Å². The monoisotopic (exact) mass is 259 g/mol. The number of hydrogen-bond acceptors (Lipinski definition) is 1. The lowest BCUT2D eigenvalue weighted by atomic mass is 9.84. The van der Waals surface area contributed by atoms with Gasteiger partial charge in [0.1, 0.15) is 0 Å². The summed E-state index contributed by atoms with van der Waals surface area (Å²) in [5.41, 5.74) is 2.76. The molecular formula is C18H29N. The molecule has 1 saturated carbocycles. The van der Waals surface area contributed by atoms with Gasteiger partial charge >= 0.3 is 0 Å². The summed E-state index contributed by atoms with van der Waals surface area (Å²) in [6, 6.07) is 9.69. The van der Waals surface area contributed by atoms with E-state index < -0.39 is 0 Å². The lowest BCUT2D eigenvalue weighted by Crippen LogP contribution is -2.27. The summed E-state index contributed by atoms with van der Waals surface area (Å²) in [6.07, 6.45) is 10.9. The minimum atomic E-state index is 0.613. The van der Waals surface area contributed by atoms with Crippen molar-refractivity contribution in [1.29, 1.82) is 0 Å². The molecule has 0 aromatic heterocycles. The second-order valence-electron chi connectivity index (χ2n) is 6.13. The SMILES string of the molecule is CCCCc1ccc(NC(C)C2CCCCC2)cc1. The molecule has 0 aliphatic heterocycles. The fourth-order valence-corrected chi connectivity index (χ4v) is 3.16. The van der Waals surface area contributed by atoms with Crippen molar-refractivity contribution >= 4 is 5.69 Å². The van der Waals surface area contributed by atoms with Gasteiger partial charge in [0.15, 0.2) is 0 Å². The first kappa shape index (κ1) is 14.4. The number of rotatable bonds is 6. The highest BCUT2D eigenvalue weighted by atomic mass is 14.9. The molecule has 0 heterocycles. The van der Waals surface area contributed by atoms with Crippen LogP contribution in [-0.2, 0) is 6.42 Å². The number of benzene rings is 1. The normalized spacial score (nSPS) is 18.2. The lowest BCUT2D eigenvalue weighted by molar-refractivity contribution is 0.328. The molecule has 1 fully saturated rings. The Kier molecular flexibility index (Phi) is 5.75. The molecule has 1 aliphatic carbocycles. The number of hydrogen-bond donors (Lipinski definition) is 1. The Hall–Kier alpha value is -0.980. The maximum atomic E-state index is 3.69. The summed E-state index contributed by atoms with van der Waals surface area (Å²) < 4.78 is 0. The second-order valence-corrected chi connectivity index (χ2v) is 6.13. The zero-order chi connectivity index (χ0) is 13.5. The quantitative estimate of drug-likeness (QED) is 0.720. The summed E-state index contributed by atoms with van der Waals surface area (Å²) in [5, 5.41) is 3.69. The maximum absolute atomic E-state index is 3.69. The average molecular weight is 259 g/mol. The van der Waals surface area contributed by atoms with Crippen molar-refractivity contribution < 1.29 is 0 Å². The second kappa shape index (κ2) is 7.57. The van der Waals surface area contributed by atoms with E-state index in [1.165, 1.54) is 62.6 Å². The Labute approximate surface area is 118 Å². The number of unbranched alkanes of at least 4 members (excludes halogenated alkanes) is 1. The first-order valence-corrected chi connectivity index (χ1v) is 8.15. The predicted molar refractivity (Wildman–Crippen MR) is 84.7 cm³/mol. The first-order chi connectivity index (χ1) is 9.29. The molecule has 1 nitrogen and oxygen atoms in total. The van der Waals surface area contributed by atoms with E-state index in [0.717, 1.165) is 5.92 Å². The van der Waals surface area contributed by atoms with Crippen LogP contribution in [-0.4, -0.2) is 6.04 Å². The molecule has 0 spiro atoms. The van der Waals surface area contributed by atoms with Crippen LogP contribution in [0.4, 0.5) is 5.69 Å². The molecule has 1 unspecified atom stereocenters. The Bertz CT molecular complexity index is 348. The van der Waals surface area contributed by atoms with Gasteiger partial charge in [-0.3, -0.25) is 0 Å². The van der Waals surface area contributed by atoms with Gasteiger partial charge in [0.05, 0.1) is 0 Å². The molecule has 0 bridgehead atoms. The topological polar surface area (TPSA) is 12.0 Å². The largest absolute Gasteiger partial charge is 0.382 e. The Morgan fingerprint density at radius 3 is 2.42 bits per heavy atom. The standard InChI is InChI=1S/C18H29N/c1-3-4-8-16-11-13-18(14-12-16)19-15(2)17-9-6-5-7-10-17/h11-15,17,19H,3-10H2,1-2H3. The van der Waals surface area contributed by atoms with Crippen molar-refractivity contribution in [3.63, 3.8) is 0 Å². The molecule has 1 aromatic rings. The van der Waals surface area contributed by atoms with E-state index in [9.17, 15) is 0 Å². The van der Waals surface area contributed by atoms with Crippen LogP contribution in [0.25, 0.3) is 0 Å². The third-order valence-corrected chi connectivity index (χ3v) is 4.52. The molecule has 106 valence electrons. The summed E-state index contributed by atoms with van der Waals surface area (Å²) >= 11 is 0. The predicted octanol–water partition coefficient (Wildman–Crippen LogP) is 5.41. The van der Waals surface area contributed by atoms with Gasteiger partial charge in [-0.1, -0.05) is 44.7 Å². The Morgan fingerprint density at radius 2 is 1.79 bits per heavy atom. The van der Waals surface area contributed by atoms with E-state index >= 15 is 0 Å². The van der Waals surface area contributed by atoms with Crippen molar-refractivity contribution in [2.45, 2.75) is 71.3 Å². The van der Waals surface area contributed by atoms with Gasteiger partial charge in [-0.2, -0.15) is 0 Å². The molecule has 2 rings (SSSR count). The van der Waals surface area contributed by atoms with Crippen LogP contribution in [0, 0.1) is 5.92 Å². The molecule has 1 atom stereocenters. The smallest absolute Gasteiger partial charge is 0.0342 e. The van der Waals surface area contributed by atoms with Gasteiger partial charge in [0.25, 0.3) is 0 Å². The molecule has 0 amide bonds. The van der Waals surface area contributed by atoms with E-state index in [2.05, 4.69) is 43.4 Å². The number of nitrogens with one attached hydrogen (secondary N) is 1. The lowest BCUT2D eigenvalue weighted by Gasteiger charge is -2.29. The molecule has 19 heavy (non-hydrogen) atoms. The fraction of sp³-hybridized carbons (Fsp3) is 0.667. The van der Waals surface area contributed by atoms with Crippen molar-refractivity contribution in [3.05, 3.63) is 29.8 Å². The van der Waals surface area contributed by atoms with Gasteiger partial charge in [-0.25, -0.2) is 0 Å². The van der Waals surface area contributed by atoms with Crippen LogP contribution in [0.2, 0.25) is 0 Å². The molecule has 0 radical (unpaired) electrons. The molecule has 1 aliphatic rings. The Balaban J connectivity index is 1.84. The van der Waals surface area contributed by atoms with Gasteiger partial charge in [-0.05, 0) is 56.2 Å². The summed E-state index contributed by atoms with van der Waals surface area (Å²) in [6.45, 7) is 4.60. The van der Waals surface area contributed by atoms with Crippen molar-refractivity contribution in [3.8, 4) is 0 Å². The molecule has 1 aromatic carbocycles. The highest BCUT2D eigenvalue weighted by Gasteiger charge is 2.19. The van der Waals surface area contributed by atoms with Gasteiger partial charge in [-0.15, -0.1) is 0 Å². The number of anilines is 1. The van der Waals surface area contributed by atoms with E-state index in [1.807, 2.05) is 0 Å². The van der Waals surface area contributed by atoms with Crippen molar-refractivity contribution in [2.75, 3.05) is 5.32 Å². The summed E-state index contributed by atoms with van der Waals surface area (Å²) in [4.78, 5) is 0. The van der Waals surface area contributed by atoms with Crippen LogP contribution in [0.15, 0.2) is 24.3 Å². The first-order valence-electron chi connectivity index (χ1n) is 8.15. The van der Waals surface area contributed by atoms with E-state index in [-0.39, 0.29) is 0 Å². The molecule has 0 saturated heterocycles. The third-order valence-electron chi connectivity index (χ3n) is 4.52. The van der Waals surface area contributed by atoms with Gasteiger partial charge in [0.2, 0.25) is 0 Å². The fourth-order valence-electron chi connectivity index (χ4n) is 3.16. The van der Waals surface area contributed by atoms with Crippen LogP contribution in [0.5, 0.6) is 0 Å². The van der Waals surface area contributed by atoms with E-state index in [0.29, 0.717) is 6.04 Å². The zero-order valence-electron chi connectivity index (χ0n) is 12.6. The van der Waals surface area contributed by atoms with Crippen LogP contribution >= 0.6 is 0 Å². The van der Waals surface area contributed by atoms with Crippen molar-refractivity contribution in [2.24, 2.45) is 5.92 Å². The molecule has 1 heteroatoms. The highest BCUT2D eigenvalue weighted by Crippen LogP contribution is 2.28. The summed E-state index contributed by atoms with van der Waals surface area (Å²) in [5.74, 6) is 0.869. The number of aryl methyl sites for hydroxylation is 1. The van der Waals surface area contributed by atoms with Crippen LogP contribution in [0.3, 0.4) is 0 Å². The third kappa shape index (κ3) is 4.56. The van der Waals surface area contributed by atoms with Crippen LogP contribution < -0.4 is 5.32 Å². The van der Waals surface area contributed by atoms with Crippen LogP contribution in [0.1, 0.15) is 64.4 Å². The highest BCUT2D eigenvalue weighted by molar-refractivity contribution is 5.45. The summed E-state index contributed by atoms with van der Waals surface area (Å²) in [7, 11) is 0. The van der Waals surface area contributed by atoms with Crippen molar-refractivity contribution in [1.82, 2.24) is 0 Å².